The average Bonchev–Trinajstić information content (AvgIpc) is 2.52. The molecule has 2 rings (SSSR count). The topological polar surface area (TPSA) is 68.3 Å². The van der Waals surface area contributed by atoms with Crippen molar-refractivity contribution in [2.75, 3.05) is 5.32 Å². The van der Waals surface area contributed by atoms with Crippen LogP contribution in [-0.4, -0.2) is 22.5 Å². The number of hydrogen-bond acceptors (Lipinski definition) is 4. The van der Waals surface area contributed by atoms with Gasteiger partial charge in [0.15, 0.2) is 5.78 Å². The Balaban J connectivity index is 0.00000338. The maximum Gasteiger partial charge on any atom is 0.413 e. The molecule has 1 N–H and O–H groups in total. The second-order valence-electron chi connectivity index (χ2n) is 6.70. The number of halogens is 2. The van der Waals surface area contributed by atoms with Gasteiger partial charge in [-0.05, 0) is 51.5 Å². The summed E-state index contributed by atoms with van der Waals surface area (Å²) in [6.07, 6.45) is 0.952. The lowest BCUT2D eigenvalue weighted by molar-refractivity contribution is 0.0635. The third-order valence-corrected chi connectivity index (χ3v) is 4.18. The zero-order valence-corrected chi connectivity index (χ0v) is 18.4. The second-order valence-corrected chi connectivity index (χ2v) is 7.61. The Morgan fingerprint density at radius 2 is 1.88 bits per heavy atom. The van der Waals surface area contributed by atoms with Gasteiger partial charge in [-0.2, -0.15) is 0 Å². The van der Waals surface area contributed by atoms with Gasteiger partial charge in [0.2, 0.25) is 0 Å². The number of hydrogen-bond donors (Lipinski definition) is 1. The number of aromatic nitrogens is 1. The molecule has 26 heavy (non-hydrogen) atoms. The second kappa shape index (κ2) is 9.28. The highest BCUT2D eigenvalue weighted by atomic mass is 79.9. The molecule has 0 aliphatic rings. The molecule has 1 aromatic heterocycles. The van der Waals surface area contributed by atoms with Crippen molar-refractivity contribution in [2.45, 2.75) is 38.1 Å². The van der Waals surface area contributed by atoms with Crippen LogP contribution in [0.4, 0.5) is 10.6 Å². The van der Waals surface area contributed by atoms with Crippen molar-refractivity contribution in [3.8, 4) is 0 Å². The lowest BCUT2D eigenvalue weighted by atomic mass is 10.0. The Morgan fingerprint density at radius 1 is 1.19 bits per heavy atom. The molecule has 2 aromatic rings. The van der Waals surface area contributed by atoms with Crippen molar-refractivity contribution < 1.29 is 14.3 Å². The van der Waals surface area contributed by atoms with Crippen LogP contribution in [0.3, 0.4) is 0 Å². The van der Waals surface area contributed by atoms with Crippen LogP contribution in [0.1, 0.15) is 47.1 Å². The number of nitrogens with one attached hydrogen (secondary N) is 1. The van der Waals surface area contributed by atoms with Gasteiger partial charge in [-0.25, -0.2) is 9.78 Å². The zero-order valence-electron chi connectivity index (χ0n) is 15.1. The first kappa shape index (κ1) is 22.3. The number of ether oxygens (including phenoxy) is 1. The van der Waals surface area contributed by atoms with Gasteiger partial charge in [-0.3, -0.25) is 10.1 Å². The molecule has 0 spiro atoms. The van der Waals surface area contributed by atoms with E-state index in [0.717, 1.165) is 5.56 Å². The van der Waals surface area contributed by atoms with E-state index in [1.165, 1.54) is 0 Å². The summed E-state index contributed by atoms with van der Waals surface area (Å²) in [5.74, 6) is 0.270. The van der Waals surface area contributed by atoms with Gasteiger partial charge in [0.25, 0.3) is 0 Å². The molecule has 1 unspecified atom stereocenters. The standard InChI is InChI=1S/C19H21BrN2O3.BrH/c1-12-6-5-7-14(10-12)17(23)16(20)13-8-9-21-15(11-13)22-18(24)25-19(2,3)4;/h5-11,16H,1-4H3,(H,21,22,24);1H. The number of carbonyl (C=O) groups excluding carboxylic acids is 2. The Labute approximate surface area is 172 Å². The molecular weight excluding hydrogens is 464 g/mol. The number of alkyl halides is 1. The lowest BCUT2D eigenvalue weighted by Gasteiger charge is -2.19. The summed E-state index contributed by atoms with van der Waals surface area (Å²) in [4.78, 5) is 28.1. The summed E-state index contributed by atoms with van der Waals surface area (Å²) in [5, 5.41) is 2.58. The predicted octanol–water partition coefficient (Wildman–Crippen LogP) is 5.63. The van der Waals surface area contributed by atoms with Crippen molar-refractivity contribution in [3.05, 3.63) is 59.3 Å². The number of nitrogens with zero attached hydrogens (tertiary/aromatic N) is 1. The van der Waals surface area contributed by atoms with Crippen molar-refractivity contribution in [3.63, 3.8) is 0 Å². The van der Waals surface area contributed by atoms with Gasteiger partial charge in [0, 0.05) is 11.8 Å². The van der Waals surface area contributed by atoms with Crippen molar-refractivity contribution in [2.24, 2.45) is 0 Å². The SMILES string of the molecule is Br.Cc1cccc(C(=O)C(Br)c2ccnc(NC(=O)OC(C)(C)C)c2)c1. The number of pyridine rings is 1. The molecule has 1 atom stereocenters. The minimum absolute atomic E-state index is 0. The van der Waals surface area contributed by atoms with Crippen LogP contribution in [0.5, 0.6) is 0 Å². The summed E-state index contributed by atoms with van der Waals surface area (Å²) in [6, 6.07) is 10.8. The van der Waals surface area contributed by atoms with E-state index in [0.29, 0.717) is 16.9 Å². The van der Waals surface area contributed by atoms with Crippen LogP contribution in [0.2, 0.25) is 0 Å². The third kappa shape index (κ3) is 6.53. The fourth-order valence-corrected chi connectivity index (χ4v) is 2.73. The van der Waals surface area contributed by atoms with Crippen LogP contribution in [0, 0.1) is 6.92 Å². The van der Waals surface area contributed by atoms with Crippen LogP contribution >= 0.6 is 32.9 Å². The van der Waals surface area contributed by atoms with E-state index < -0.39 is 16.5 Å². The molecule has 1 heterocycles. The lowest BCUT2D eigenvalue weighted by Crippen LogP contribution is -2.27. The first-order chi connectivity index (χ1) is 11.7. The molecule has 0 aliphatic heterocycles. The van der Waals surface area contributed by atoms with E-state index in [2.05, 4.69) is 26.2 Å². The molecule has 0 bridgehead atoms. The molecule has 0 saturated heterocycles. The predicted molar refractivity (Wildman–Crippen MR) is 112 cm³/mol. The van der Waals surface area contributed by atoms with Gasteiger partial charge in [0.05, 0.1) is 0 Å². The van der Waals surface area contributed by atoms with Gasteiger partial charge in [-0.1, -0.05) is 39.7 Å². The van der Waals surface area contributed by atoms with Crippen LogP contribution in [0.15, 0.2) is 42.6 Å². The molecule has 7 heteroatoms. The van der Waals surface area contributed by atoms with E-state index in [4.69, 9.17) is 4.74 Å². The number of aryl methyl sites for hydroxylation is 1. The fraction of sp³-hybridized carbons (Fsp3) is 0.316. The maximum absolute atomic E-state index is 12.6. The number of amides is 1. The Hall–Kier alpha value is -1.73. The van der Waals surface area contributed by atoms with Crippen LogP contribution in [0.25, 0.3) is 0 Å². The molecule has 140 valence electrons. The quantitative estimate of drug-likeness (QED) is 0.449. The van der Waals surface area contributed by atoms with Gasteiger partial charge < -0.3 is 4.74 Å². The van der Waals surface area contributed by atoms with E-state index in [-0.39, 0.29) is 22.8 Å². The van der Waals surface area contributed by atoms with Crippen molar-refractivity contribution in [1.29, 1.82) is 0 Å². The van der Waals surface area contributed by atoms with Crippen LogP contribution < -0.4 is 5.32 Å². The normalized spacial score (nSPS) is 11.9. The molecule has 1 aromatic carbocycles. The minimum Gasteiger partial charge on any atom is -0.444 e. The molecule has 0 aliphatic carbocycles. The van der Waals surface area contributed by atoms with E-state index in [9.17, 15) is 9.59 Å². The molecular formula is C19H22Br2N2O3. The highest BCUT2D eigenvalue weighted by molar-refractivity contribution is 9.09. The molecule has 0 radical (unpaired) electrons. The number of carbonyl (C=O) groups is 2. The molecule has 0 fully saturated rings. The van der Waals surface area contributed by atoms with Crippen LogP contribution in [-0.2, 0) is 4.74 Å². The maximum atomic E-state index is 12.6. The van der Waals surface area contributed by atoms with Crippen molar-refractivity contribution in [1.82, 2.24) is 4.98 Å². The van der Waals surface area contributed by atoms with E-state index >= 15 is 0 Å². The molecule has 0 saturated carbocycles. The summed E-state index contributed by atoms with van der Waals surface area (Å²) in [7, 11) is 0. The molecule has 5 nitrogen and oxygen atoms in total. The number of anilines is 1. The largest absolute Gasteiger partial charge is 0.444 e. The number of rotatable bonds is 4. The Morgan fingerprint density at radius 3 is 2.50 bits per heavy atom. The monoisotopic (exact) mass is 484 g/mol. The first-order valence-electron chi connectivity index (χ1n) is 7.86. The first-order valence-corrected chi connectivity index (χ1v) is 8.78. The number of ketones is 1. The average molecular weight is 486 g/mol. The Bertz CT molecular complexity index is 788. The zero-order chi connectivity index (χ0) is 18.6. The fourth-order valence-electron chi connectivity index (χ4n) is 2.18. The highest BCUT2D eigenvalue weighted by Gasteiger charge is 2.21. The van der Waals surface area contributed by atoms with Crippen molar-refractivity contribution >= 4 is 50.6 Å². The van der Waals surface area contributed by atoms with E-state index in [1.54, 1.807) is 45.2 Å². The smallest absolute Gasteiger partial charge is 0.413 e. The highest BCUT2D eigenvalue weighted by Crippen LogP contribution is 2.28. The van der Waals surface area contributed by atoms with E-state index in [1.807, 2.05) is 25.1 Å². The number of benzene rings is 1. The summed E-state index contributed by atoms with van der Waals surface area (Å²) in [6.45, 7) is 7.29. The van der Waals surface area contributed by atoms with Gasteiger partial charge in [0.1, 0.15) is 16.2 Å². The summed E-state index contributed by atoms with van der Waals surface area (Å²) in [5.41, 5.74) is 1.75. The number of Topliss-reactive ketones (excluding diaryl/α,β-unsaturated/α-hetero) is 1. The molecule has 1 amide bonds. The minimum atomic E-state index is -0.596. The summed E-state index contributed by atoms with van der Waals surface area (Å²) >= 11 is 3.44. The summed E-state index contributed by atoms with van der Waals surface area (Å²) < 4.78 is 5.20. The van der Waals surface area contributed by atoms with Gasteiger partial charge >= 0.3 is 6.09 Å². The Kier molecular flexibility index (Phi) is 7.96. The third-order valence-electron chi connectivity index (χ3n) is 3.24. The van der Waals surface area contributed by atoms with Gasteiger partial charge in [-0.15, -0.1) is 17.0 Å².